The highest BCUT2D eigenvalue weighted by Crippen LogP contribution is 2.25. The highest BCUT2D eigenvalue weighted by atomic mass is 15.2. The summed E-state index contributed by atoms with van der Waals surface area (Å²) in [5, 5.41) is 3.47. The van der Waals surface area contributed by atoms with Gasteiger partial charge in [-0.3, -0.25) is 4.98 Å². The lowest BCUT2D eigenvalue weighted by Crippen LogP contribution is -2.42. The lowest BCUT2D eigenvalue weighted by molar-refractivity contribution is 0.386. The second kappa shape index (κ2) is 6.08. The van der Waals surface area contributed by atoms with Crippen molar-refractivity contribution in [2.45, 2.75) is 65.6 Å². The van der Waals surface area contributed by atoms with E-state index in [4.69, 9.17) is 4.98 Å². The Bertz CT molecular complexity index is 438. The first-order chi connectivity index (χ1) is 9.35. The Labute approximate surface area is 123 Å². The third-order valence-corrected chi connectivity index (χ3v) is 3.88. The molecule has 4 heteroatoms. The second-order valence-electron chi connectivity index (χ2n) is 7.16. The predicted molar refractivity (Wildman–Crippen MR) is 83.8 cm³/mol. The number of aromatic nitrogens is 2. The number of hydrogen-bond donors (Lipinski definition) is 1. The van der Waals surface area contributed by atoms with Crippen LogP contribution in [0.4, 0.5) is 5.82 Å². The molecule has 4 nitrogen and oxygen atoms in total. The minimum absolute atomic E-state index is 0.102. The van der Waals surface area contributed by atoms with Gasteiger partial charge in [-0.25, -0.2) is 4.98 Å². The van der Waals surface area contributed by atoms with Crippen molar-refractivity contribution in [2.24, 2.45) is 5.92 Å². The molecule has 2 heterocycles. The van der Waals surface area contributed by atoms with Gasteiger partial charge in [0.05, 0.1) is 11.9 Å². The largest absolute Gasteiger partial charge is 0.352 e. The van der Waals surface area contributed by atoms with Crippen LogP contribution in [0, 0.1) is 5.92 Å². The van der Waals surface area contributed by atoms with E-state index in [1.54, 1.807) is 0 Å². The Morgan fingerprint density at radius 1 is 1.25 bits per heavy atom. The topological polar surface area (TPSA) is 41.1 Å². The standard InChI is InChI=1S/C16H28N4/c1-12-6-7-13(2)20(11-12)15-10-17-8-14(19-15)9-18-16(3,4)5/h8,10,12-13,18H,6-7,9,11H2,1-5H3. The number of rotatable bonds is 3. The SMILES string of the molecule is CC1CCC(C)N(c2cncc(CNC(C)(C)C)n2)C1. The highest BCUT2D eigenvalue weighted by molar-refractivity contribution is 5.38. The van der Waals surface area contributed by atoms with Gasteiger partial charge in [0, 0.05) is 30.9 Å². The highest BCUT2D eigenvalue weighted by Gasteiger charge is 2.24. The van der Waals surface area contributed by atoms with Crippen molar-refractivity contribution in [3.63, 3.8) is 0 Å². The summed E-state index contributed by atoms with van der Waals surface area (Å²) in [5.41, 5.74) is 1.12. The van der Waals surface area contributed by atoms with E-state index < -0.39 is 0 Å². The van der Waals surface area contributed by atoms with Gasteiger partial charge in [-0.2, -0.15) is 0 Å². The molecule has 1 aliphatic rings. The zero-order valence-corrected chi connectivity index (χ0v) is 13.5. The van der Waals surface area contributed by atoms with Crippen molar-refractivity contribution in [3.8, 4) is 0 Å². The number of piperidine rings is 1. The number of nitrogens with one attached hydrogen (secondary N) is 1. The Morgan fingerprint density at radius 2 is 2.00 bits per heavy atom. The fraction of sp³-hybridized carbons (Fsp3) is 0.750. The van der Waals surface area contributed by atoms with E-state index in [1.807, 2.05) is 12.4 Å². The molecule has 2 unspecified atom stereocenters. The fourth-order valence-corrected chi connectivity index (χ4v) is 2.58. The van der Waals surface area contributed by atoms with E-state index in [-0.39, 0.29) is 5.54 Å². The third-order valence-electron chi connectivity index (χ3n) is 3.88. The van der Waals surface area contributed by atoms with Crippen LogP contribution in [0.25, 0.3) is 0 Å². The van der Waals surface area contributed by atoms with Crippen molar-refractivity contribution in [2.75, 3.05) is 11.4 Å². The van der Waals surface area contributed by atoms with E-state index in [0.717, 1.165) is 30.5 Å². The molecule has 1 aromatic heterocycles. The Kier molecular flexibility index (Phi) is 4.63. The number of hydrogen-bond acceptors (Lipinski definition) is 4. The van der Waals surface area contributed by atoms with Gasteiger partial charge in [0.15, 0.2) is 0 Å². The molecule has 0 radical (unpaired) electrons. The molecule has 20 heavy (non-hydrogen) atoms. The minimum atomic E-state index is 0.102. The van der Waals surface area contributed by atoms with Crippen LogP contribution in [0.1, 0.15) is 53.2 Å². The van der Waals surface area contributed by atoms with Crippen molar-refractivity contribution < 1.29 is 0 Å². The Hall–Kier alpha value is -1.16. The zero-order valence-electron chi connectivity index (χ0n) is 13.5. The van der Waals surface area contributed by atoms with Gasteiger partial charge in [0.1, 0.15) is 5.82 Å². The summed E-state index contributed by atoms with van der Waals surface area (Å²) in [5.74, 6) is 1.77. The maximum atomic E-state index is 4.79. The van der Waals surface area contributed by atoms with Crippen molar-refractivity contribution in [1.29, 1.82) is 0 Å². The van der Waals surface area contributed by atoms with E-state index in [2.05, 4.69) is 49.8 Å². The summed E-state index contributed by atoms with van der Waals surface area (Å²) in [6, 6.07) is 0.561. The second-order valence-corrected chi connectivity index (χ2v) is 7.16. The lowest BCUT2D eigenvalue weighted by Gasteiger charge is -2.37. The summed E-state index contributed by atoms with van der Waals surface area (Å²) < 4.78 is 0. The normalized spacial score (nSPS) is 23.9. The molecule has 112 valence electrons. The average Bonchev–Trinajstić information content (AvgIpc) is 2.39. The van der Waals surface area contributed by atoms with Crippen LogP contribution in [0.5, 0.6) is 0 Å². The molecular weight excluding hydrogens is 248 g/mol. The summed E-state index contributed by atoms with van der Waals surface area (Å²) in [4.78, 5) is 11.6. The molecule has 1 saturated heterocycles. The Balaban J connectivity index is 2.08. The van der Waals surface area contributed by atoms with Crippen LogP contribution in [0.3, 0.4) is 0 Å². The van der Waals surface area contributed by atoms with E-state index in [9.17, 15) is 0 Å². The molecule has 1 aromatic rings. The van der Waals surface area contributed by atoms with Gasteiger partial charge >= 0.3 is 0 Å². The summed E-state index contributed by atoms with van der Waals surface area (Å²) in [6.45, 7) is 13.0. The maximum Gasteiger partial charge on any atom is 0.147 e. The first-order valence-corrected chi connectivity index (χ1v) is 7.68. The molecule has 0 spiro atoms. The van der Waals surface area contributed by atoms with Gasteiger partial charge in [-0.05, 0) is 46.5 Å². The summed E-state index contributed by atoms with van der Waals surface area (Å²) in [6.07, 6.45) is 6.32. The van der Waals surface area contributed by atoms with Crippen LogP contribution in [-0.4, -0.2) is 28.1 Å². The number of nitrogens with zero attached hydrogens (tertiary/aromatic N) is 3. The van der Waals surface area contributed by atoms with Gasteiger partial charge < -0.3 is 10.2 Å². The first-order valence-electron chi connectivity index (χ1n) is 7.68. The van der Waals surface area contributed by atoms with Crippen LogP contribution >= 0.6 is 0 Å². The van der Waals surface area contributed by atoms with Crippen molar-refractivity contribution in [1.82, 2.24) is 15.3 Å². The van der Waals surface area contributed by atoms with Gasteiger partial charge in [0.2, 0.25) is 0 Å². The molecule has 2 rings (SSSR count). The maximum absolute atomic E-state index is 4.79. The smallest absolute Gasteiger partial charge is 0.147 e. The van der Waals surface area contributed by atoms with Crippen LogP contribution in [0.15, 0.2) is 12.4 Å². The van der Waals surface area contributed by atoms with Gasteiger partial charge in [-0.15, -0.1) is 0 Å². The van der Waals surface area contributed by atoms with Crippen molar-refractivity contribution in [3.05, 3.63) is 18.1 Å². The van der Waals surface area contributed by atoms with E-state index in [1.165, 1.54) is 12.8 Å². The summed E-state index contributed by atoms with van der Waals surface area (Å²) >= 11 is 0. The zero-order chi connectivity index (χ0) is 14.8. The first kappa shape index (κ1) is 15.2. The third kappa shape index (κ3) is 4.17. The fourth-order valence-electron chi connectivity index (χ4n) is 2.58. The minimum Gasteiger partial charge on any atom is -0.352 e. The van der Waals surface area contributed by atoms with Gasteiger partial charge in [-0.1, -0.05) is 6.92 Å². The molecule has 1 aliphatic heterocycles. The molecule has 1 N–H and O–H groups in total. The van der Waals surface area contributed by atoms with Crippen LogP contribution in [-0.2, 0) is 6.54 Å². The molecule has 0 amide bonds. The molecule has 1 fully saturated rings. The molecule has 0 bridgehead atoms. The number of anilines is 1. The molecule has 0 aromatic carbocycles. The van der Waals surface area contributed by atoms with E-state index >= 15 is 0 Å². The summed E-state index contributed by atoms with van der Waals surface area (Å²) in [7, 11) is 0. The predicted octanol–water partition coefficient (Wildman–Crippen LogP) is 2.99. The molecule has 0 saturated carbocycles. The lowest BCUT2D eigenvalue weighted by atomic mass is 9.95. The molecule has 0 aliphatic carbocycles. The van der Waals surface area contributed by atoms with Crippen LogP contribution < -0.4 is 10.2 Å². The quantitative estimate of drug-likeness (QED) is 0.921. The van der Waals surface area contributed by atoms with Crippen molar-refractivity contribution >= 4 is 5.82 Å². The van der Waals surface area contributed by atoms with Gasteiger partial charge in [0.25, 0.3) is 0 Å². The monoisotopic (exact) mass is 276 g/mol. The Morgan fingerprint density at radius 3 is 2.70 bits per heavy atom. The molecular formula is C16H28N4. The van der Waals surface area contributed by atoms with E-state index in [0.29, 0.717) is 6.04 Å². The molecule has 2 atom stereocenters. The van der Waals surface area contributed by atoms with Crippen LogP contribution in [0.2, 0.25) is 0 Å². The average molecular weight is 276 g/mol.